The van der Waals surface area contributed by atoms with Gasteiger partial charge in [0.15, 0.2) is 5.79 Å². The molecule has 26 heavy (non-hydrogen) atoms. The fraction of sp³-hybridized carbons (Fsp3) is 0.591. The van der Waals surface area contributed by atoms with Crippen LogP contribution >= 0.6 is 0 Å². The molecule has 4 heteroatoms. The second-order valence-electron chi connectivity index (χ2n) is 9.33. The Hall–Kier alpha value is -1.65. The van der Waals surface area contributed by atoms with Gasteiger partial charge in [0.25, 0.3) is 0 Å². The van der Waals surface area contributed by atoms with Crippen molar-refractivity contribution in [1.29, 1.82) is 0 Å². The Morgan fingerprint density at radius 2 is 1.73 bits per heavy atom. The molecule has 2 aromatic rings. The highest BCUT2D eigenvalue weighted by Gasteiger charge is 2.40. The van der Waals surface area contributed by atoms with Gasteiger partial charge in [0.1, 0.15) is 0 Å². The molecule has 0 unspecified atom stereocenters. The van der Waals surface area contributed by atoms with Crippen LogP contribution < -0.4 is 0 Å². The molecule has 3 rings (SSSR count). The monoisotopic (exact) mass is 356 g/mol. The minimum Gasteiger partial charge on any atom is -0.348 e. The third-order valence-electron chi connectivity index (χ3n) is 5.05. The Kier molecular flexibility index (Phi) is 5.27. The van der Waals surface area contributed by atoms with E-state index in [9.17, 15) is 0 Å². The molecule has 1 fully saturated rings. The fourth-order valence-corrected chi connectivity index (χ4v) is 3.22. The van der Waals surface area contributed by atoms with E-state index in [1.54, 1.807) is 6.20 Å². The second-order valence-corrected chi connectivity index (χ2v) is 9.33. The lowest BCUT2D eigenvalue weighted by Crippen LogP contribution is -2.50. The van der Waals surface area contributed by atoms with Crippen molar-refractivity contribution in [3.05, 3.63) is 54.1 Å². The maximum atomic E-state index is 6.28. The topological polar surface area (TPSA) is 36.3 Å². The molecule has 0 atom stereocenters. The maximum Gasteiger partial charge on any atom is 0.186 e. The largest absolute Gasteiger partial charge is 0.348 e. The zero-order valence-corrected chi connectivity index (χ0v) is 16.8. The molecular weight excluding hydrogens is 324 g/mol. The van der Waals surface area contributed by atoms with E-state index >= 15 is 0 Å². The number of rotatable bonds is 5. The van der Waals surface area contributed by atoms with Crippen LogP contribution in [-0.2, 0) is 27.9 Å². The Morgan fingerprint density at radius 1 is 1.08 bits per heavy atom. The van der Waals surface area contributed by atoms with Crippen LogP contribution in [-0.4, -0.2) is 28.6 Å². The highest BCUT2D eigenvalue weighted by atomic mass is 16.7. The number of hydrogen-bond donors (Lipinski definition) is 0. The van der Waals surface area contributed by atoms with Gasteiger partial charge in [0, 0.05) is 24.2 Å². The van der Waals surface area contributed by atoms with Gasteiger partial charge >= 0.3 is 0 Å². The summed E-state index contributed by atoms with van der Waals surface area (Å²) < 4.78 is 14.6. The van der Waals surface area contributed by atoms with Crippen LogP contribution in [0.1, 0.15) is 52.2 Å². The average molecular weight is 357 g/mol. The molecule has 0 spiro atoms. The molecule has 0 aliphatic carbocycles. The van der Waals surface area contributed by atoms with Crippen LogP contribution in [0.3, 0.4) is 0 Å². The predicted molar refractivity (Wildman–Crippen MR) is 104 cm³/mol. The van der Waals surface area contributed by atoms with E-state index < -0.39 is 5.79 Å². The first kappa shape index (κ1) is 19.1. The van der Waals surface area contributed by atoms with E-state index in [0.29, 0.717) is 19.8 Å². The average Bonchev–Trinajstić information content (AvgIpc) is 3.08. The molecule has 1 aliphatic rings. The number of ether oxygens (including phenoxy) is 2. The summed E-state index contributed by atoms with van der Waals surface area (Å²) in [6.45, 7) is 13.2. The van der Waals surface area contributed by atoms with E-state index in [1.165, 1.54) is 11.1 Å². The highest BCUT2D eigenvalue weighted by Crippen LogP contribution is 2.34. The van der Waals surface area contributed by atoms with Crippen LogP contribution in [0.4, 0.5) is 0 Å². The summed E-state index contributed by atoms with van der Waals surface area (Å²) in [6, 6.07) is 8.95. The first-order valence-corrected chi connectivity index (χ1v) is 9.51. The number of aryl methyl sites for hydroxylation is 1. The van der Waals surface area contributed by atoms with Crippen molar-refractivity contribution >= 4 is 0 Å². The number of nitrogens with zero attached hydrogens (tertiary/aromatic N) is 2. The van der Waals surface area contributed by atoms with Gasteiger partial charge in [-0.15, -0.1) is 0 Å². The zero-order valence-electron chi connectivity index (χ0n) is 16.8. The molecule has 0 saturated carbocycles. The molecule has 0 radical (unpaired) electrons. The second kappa shape index (κ2) is 7.16. The Labute approximate surface area is 157 Å². The minimum atomic E-state index is -0.584. The van der Waals surface area contributed by atoms with Crippen molar-refractivity contribution < 1.29 is 9.47 Å². The van der Waals surface area contributed by atoms with Crippen molar-refractivity contribution in [3.8, 4) is 0 Å². The van der Waals surface area contributed by atoms with Gasteiger partial charge in [0.05, 0.1) is 26.1 Å². The molecular formula is C22H32N2O2. The van der Waals surface area contributed by atoms with Gasteiger partial charge in [-0.05, 0) is 23.0 Å². The zero-order chi connectivity index (χ0) is 18.8. The molecule has 4 nitrogen and oxygen atoms in total. The van der Waals surface area contributed by atoms with Gasteiger partial charge in [-0.1, -0.05) is 58.9 Å². The highest BCUT2D eigenvalue weighted by molar-refractivity contribution is 5.27. The van der Waals surface area contributed by atoms with Gasteiger partial charge in [0.2, 0.25) is 0 Å². The first-order valence-electron chi connectivity index (χ1n) is 9.51. The summed E-state index contributed by atoms with van der Waals surface area (Å²) in [5.41, 5.74) is 2.93. The standard InChI is InChI=1S/C22H32N2O2/c1-20(2,3)19-8-6-18(7-9-19)10-11-22(14-24-13-12-23-17-24)25-15-21(4,5)16-26-22/h6-9,12-13,17H,10-11,14-16H2,1-5H3. The van der Waals surface area contributed by atoms with Gasteiger partial charge in [-0.25, -0.2) is 4.98 Å². The molecule has 2 heterocycles. The number of imidazole rings is 1. The van der Waals surface area contributed by atoms with E-state index in [0.717, 1.165) is 12.8 Å². The summed E-state index contributed by atoms with van der Waals surface area (Å²) in [6.07, 6.45) is 7.35. The summed E-state index contributed by atoms with van der Waals surface area (Å²) in [7, 11) is 0. The number of aromatic nitrogens is 2. The Morgan fingerprint density at radius 3 is 2.27 bits per heavy atom. The van der Waals surface area contributed by atoms with Crippen molar-refractivity contribution in [3.63, 3.8) is 0 Å². The summed E-state index contributed by atoms with van der Waals surface area (Å²) in [5.74, 6) is -0.584. The lowest BCUT2D eigenvalue weighted by atomic mass is 9.86. The van der Waals surface area contributed by atoms with E-state index in [1.807, 2.05) is 17.1 Å². The lowest BCUT2D eigenvalue weighted by Gasteiger charge is -2.43. The number of benzene rings is 1. The van der Waals surface area contributed by atoms with E-state index in [2.05, 4.69) is 63.9 Å². The molecule has 1 saturated heterocycles. The van der Waals surface area contributed by atoms with Crippen molar-refractivity contribution in [2.75, 3.05) is 13.2 Å². The van der Waals surface area contributed by atoms with Gasteiger partial charge in [-0.2, -0.15) is 0 Å². The van der Waals surface area contributed by atoms with Crippen molar-refractivity contribution in [2.45, 2.75) is 65.2 Å². The molecule has 1 aromatic heterocycles. The third kappa shape index (κ3) is 4.74. The minimum absolute atomic E-state index is 0.0623. The Bertz CT molecular complexity index is 687. The normalized spacial score (nSPS) is 19.4. The summed E-state index contributed by atoms with van der Waals surface area (Å²) in [4.78, 5) is 4.15. The SMILES string of the molecule is CC1(C)COC(CCc2ccc(C(C)(C)C)cc2)(Cn2ccnc2)OC1. The Balaban J connectivity index is 1.70. The first-order chi connectivity index (χ1) is 12.2. The summed E-state index contributed by atoms with van der Waals surface area (Å²) in [5, 5.41) is 0. The van der Waals surface area contributed by atoms with Gasteiger partial charge < -0.3 is 14.0 Å². The quantitative estimate of drug-likeness (QED) is 0.786. The van der Waals surface area contributed by atoms with Crippen LogP contribution in [0.15, 0.2) is 43.0 Å². The fourth-order valence-electron chi connectivity index (χ4n) is 3.22. The molecule has 142 valence electrons. The molecule has 1 aromatic carbocycles. The molecule has 0 N–H and O–H groups in total. The van der Waals surface area contributed by atoms with Crippen LogP contribution in [0.25, 0.3) is 0 Å². The van der Waals surface area contributed by atoms with Crippen molar-refractivity contribution in [1.82, 2.24) is 9.55 Å². The third-order valence-corrected chi connectivity index (χ3v) is 5.05. The van der Waals surface area contributed by atoms with Crippen molar-refractivity contribution in [2.24, 2.45) is 5.41 Å². The molecule has 0 amide bonds. The van der Waals surface area contributed by atoms with E-state index in [4.69, 9.17) is 9.47 Å². The maximum absolute atomic E-state index is 6.28. The van der Waals surface area contributed by atoms with Crippen LogP contribution in [0.5, 0.6) is 0 Å². The van der Waals surface area contributed by atoms with E-state index in [-0.39, 0.29) is 10.8 Å². The number of hydrogen-bond acceptors (Lipinski definition) is 3. The molecule has 1 aliphatic heterocycles. The van der Waals surface area contributed by atoms with Crippen LogP contribution in [0.2, 0.25) is 0 Å². The summed E-state index contributed by atoms with van der Waals surface area (Å²) >= 11 is 0. The predicted octanol–water partition coefficient (Wildman–Crippen LogP) is 4.58. The smallest absolute Gasteiger partial charge is 0.186 e. The lowest BCUT2D eigenvalue weighted by molar-refractivity contribution is -0.307. The van der Waals surface area contributed by atoms with Gasteiger partial charge in [-0.3, -0.25) is 0 Å². The van der Waals surface area contributed by atoms with Crippen LogP contribution in [0, 0.1) is 5.41 Å². The molecule has 0 bridgehead atoms.